The van der Waals surface area contributed by atoms with Gasteiger partial charge in [-0.1, -0.05) is 47.6 Å². The van der Waals surface area contributed by atoms with E-state index in [0.717, 1.165) is 11.3 Å². The standard InChI is InChI=1S/C13H13NO/c1-10(14-15-2)12-9-5-7-11-6-3-4-8-13(11)12/h3-9H,1-2H3/b14-10+. The highest BCUT2D eigenvalue weighted by Crippen LogP contribution is 2.19. The normalized spacial score (nSPS) is 11.7. The van der Waals surface area contributed by atoms with Crippen molar-refractivity contribution in [1.29, 1.82) is 0 Å². The van der Waals surface area contributed by atoms with Crippen LogP contribution in [0.5, 0.6) is 0 Å². The molecular formula is C13H13NO. The lowest BCUT2D eigenvalue weighted by atomic mass is 10.0. The molecule has 0 unspecified atom stereocenters. The van der Waals surface area contributed by atoms with Gasteiger partial charge in [-0.15, -0.1) is 0 Å². The average molecular weight is 199 g/mol. The summed E-state index contributed by atoms with van der Waals surface area (Å²) in [5.74, 6) is 0. The third-order valence-electron chi connectivity index (χ3n) is 2.41. The highest BCUT2D eigenvalue weighted by molar-refractivity contribution is 6.09. The summed E-state index contributed by atoms with van der Waals surface area (Å²) < 4.78 is 0. The van der Waals surface area contributed by atoms with Gasteiger partial charge in [-0.3, -0.25) is 0 Å². The molecule has 2 heteroatoms. The average Bonchev–Trinajstić information content (AvgIpc) is 2.28. The van der Waals surface area contributed by atoms with Crippen LogP contribution in [0, 0.1) is 0 Å². The number of oxime groups is 1. The third kappa shape index (κ3) is 1.84. The summed E-state index contributed by atoms with van der Waals surface area (Å²) >= 11 is 0. The monoisotopic (exact) mass is 199 g/mol. The first-order valence-electron chi connectivity index (χ1n) is 4.89. The molecule has 76 valence electrons. The Balaban J connectivity index is 2.66. The largest absolute Gasteiger partial charge is 0.399 e. The van der Waals surface area contributed by atoms with Crippen LogP contribution in [-0.4, -0.2) is 12.8 Å². The number of fused-ring (bicyclic) bond motifs is 1. The predicted octanol–water partition coefficient (Wildman–Crippen LogP) is 3.21. The van der Waals surface area contributed by atoms with E-state index in [1.165, 1.54) is 10.8 Å². The van der Waals surface area contributed by atoms with Gasteiger partial charge in [0.1, 0.15) is 7.11 Å². The molecule has 0 spiro atoms. The Kier molecular flexibility index (Phi) is 2.68. The van der Waals surface area contributed by atoms with Gasteiger partial charge in [-0.2, -0.15) is 0 Å². The highest BCUT2D eigenvalue weighted by Gasteiger charge is 2.02. The Morgan fingerprint density at radius 1 is 1.07 bits per heavy atom. The number of benzene rings is 2. The first kappa shape index (κ1) is 9.71. The molecule has 0 heterocycles. The highest BCUT2D eigenvalue weighted by atomic mass is 16.6. The van der Waals surface area contributed by atoms with Crippen LogP contribution >= 0.6 is 0 Å². The van der Waals surface area contributed by atoms with Gasteiger partial charge in [-0.05, 0) is 17.7 Å². The number of rotatable bonds is 2. The topological polar surface area (TPSA) is 21.6 Å². The second-order valence-corrected chi connectivity index (χ2v) is 3.39. The molecular weight excluding hydrogens is 186 g/mol. The number of hydrogen-bond donors (Lipinski definition) is 0. The molecule has 0 bridgehead atoms. The minimum absolute atomic E-state index is 0.898. The zero-order valence-corrected chi connectivity index (χ0v) is 8.90. The van der Waals surface area contributed by atoms with Gasteiger partial charge < -0.3 is 4.84 Å². The molecule has 2 nitrogen and oxygen atoms in total. The van der Waals surface area contributed by atoms with Crippen LogP contribution in [0.25, 0.3) is 10.8 Å². The maximum Gasteiger partial charge on any atom is 0.106 e. The van der Waals surface area contributed by atoms with Crippen molar-refractivity contribution in [3.8, 4) is 0 Å². The van der Waals surface area contributed by atoms with Crippen molar-refractivity contribution in [2.24, 2.45) is 5.16 Å². The summed E-state index contributed by atoms with van der Waals surface area (Å²) in [5, 5.41) is 6.39. The van der Waals surface area contributed by atoms with Crippen LogP contribution in [0.15, 0.2) is 47.6 Å². The first-order chi connectivity index (χ1) is 7.33. The van der Waals surface area contributed by atoms with E-state index in [0.29, 0.717) is 0 Å². The van der Waals surface area contributed by atoms with E-state index < -0.39 is 0 Å². The lowest BCUT2D eigenvalue weighted by molar-refractivity contribution is 0.213. The predicted molar refractivity (Wildman–Crippen MR) is 63.2 cm³/mol. The Bertz CT molecular complexity index is 497. The molecule has 0 aliphatic rings. The number of hydrogen-bond acceptors (Lipinski definition) is 2. The fraction of sp³-hybridized carbons (Fsp3) is 0.154. The van der Waals surface area contributed by atoms with Gasteiger partial charge >= 0.3 is 0 Å². The summed E-state index contributed by atoms with van der Waals surface area (Å²) in [7, 11) is 1.56. The SMILES string of the molecule is CO/N=C(\C)c1cccc2ccccc12. The van der Waals surface area contributed by atoms with Crippen molar-refractivity contribution in [2.45, 2.75) is 6.92 Å². The summed E-state index contributed by atoms with van der Waals surface area (Å²) in [6, 6.07) is 14.4. The molecule has 0 aliphatic heterocycles. The Hall–Kier alpha value is -1.83. The van der Waals surface area contributed by atoms with E-state index >= 15 is 0 Å². The van der Waals surface area contributed by atoms with Crippen molar-refractivity contribution < 1.29 is 4.84 Å². The van der Waals surface area contributed by atoms with E-state index in [9.17, 15) is 0 Å². The van der Waals surface area contributed by atoms with Crippen LogP contribution in [0.3, 0.4) is 0 Å². The zero-order chi connectivity index (χ0) is 10.7. The van der Waals surface area contributed by atoms with Crippen LogP contribution in [0.4, 0.5) is 0 Å². The lowest BCUT2D eigenvalue weighted by Gasteiger charge is -2.04. The molecule has 0 aromatic heterocycles. The van der Waals surface area contributed by atoms with Crippen LogP contribution in [-0.2, 0) is 4.84 Å². The van der Waals surface area contributed by atoms with E-state index in [4.69, 9.17) is 4.84 Å². The molecule has 2 aromatic carbocycles. The van der Waals surface area contributed by atoms with Gasteiger partial charge in [0.05, 0.1) is 5.71 Å². The summed E-state index contributed by atoms with van der Waals surface area (Å²) in [6.07, 6.45) is 0. The smallest absolute Gasteiger partial charge is 0.106 e. The molecule has 0 fully saturated rings. The summed E-state index contributed by atoms with van der Waals surface area (Å²) in [5.41, 5.74) is 2.02. The minimum Gasteiger partial charge on any atom is -0.399 e. The van der Waals surface area contributed by atoms with Gasteiger partial charge in [0.25, 0.3) is 0 Å². The van der Waals surface area contributed by atoms with Crippen molar-refractivity contribution in [2.75, 3.05) is 7.11 Å². The molecule has 0 saturated carbocycles. The number of nitrogens with zero attached hydrogens (tertiary/aromatic N) is 1. The van der Waals surface area contributed by atoms with Crippen LogP contribution < -0.4 is 0 Å². The van der Waals surface area contributed by atoms with E-state index in [1.807, 2.05) is 25.1 Å². The Morgan fingerprint density at radius 3 is 2.60 bits per heavy atom. The van der Waals surface area contributed by atoms with Crippen molar-refractivity contribution in [1.82, 2.24) is 0 Å². The van der Waals surface area contributed by atoms with Crippen LogP contribution in [0.2, 0.25) is 0 Å². The third-order valence-corrected chi connectivity index (χ3v) is 2.41. The fourth-order valence-electron chi connectivity index (χ4n) is 1.73. The lowest BCUT2D eigenvalue weighted by Crippen LogP contribution is -1.96. The quantitative estimate of drug-likeness (QED) is 0.537. The second kappa shape index (κ2) is 4.13. The van der Waals surface area contributed by atoms with E-state index in [1.54, 1.807) is 7.11 Å². The molecule has 15 heavy (non-hydrogen) atoms. The minimum atomic E-state index is 0.898. The molecule has 0 atom stereocenters. The van der Waals surface area contributed by atoms with Crippen molar-refractivity contribution in [3.05, 3.63) is 48.0 Å². The molecule has 0 saturated heterocycles. The molecule has 0 aliphatic carbocycles. The van der Waals surface area contributed by atoms with Crippen molar-refractivity contribution in [3.63, 3.8) is 0 Å². The van der Waals surface area contributed by atoms with Crippen LogP contribution in [0.1, 0.15) is 12.5 Å². The van der Waals surface area contributed by atoms with Gasteiger partial charge in [-0.25, -0.2) is 0 Å². The maximum absolute atomic E-state index is 4.79. The Morgan fingerprint density at radius 2 is 1.80 bits per heavy atom. The second-order valence-electron chi connectivity index (χ2n) is 3.39. The molecule has 0 N–H and O–H groups in total. The van der Waals surface area contributed by atoms with E-state index in [-0.39, 0.29) is 0 Å². The zero-order valence-electron chi connectivity index (χ0n) is 8.90. The summed E-state index contributed by atoms with van der Waals surface area (Å²) in [6.45, 7) is 1.95. The molecule has 2 aromatic rings. The summed E-state index contributed by atoms with van der Waals surface area (Å²) in [4.78, 5) is 4.79. The fourth-order valence-corrected chi connectivity index (χ4v) is 1.73. The van der Waals surface area contributed by atoms with E-state index in [2.05, 4.69) is 29.4 Å². The van der Waals surface area contributed by atoms with Gasteiger partial charge in [0.2, 0.25) is 0 Å². The maximum atomic E-state index is 4.79. The van der Waals surface area contributed by atoms with Gasteiger partial charge in [0, 0.05) is 5.56 Å². The molecule has 2 rings (SSSR count). The Labute approximate surface area is 89.2 Å². The first-order valence-corrected chi connectivity index (χ1v) is 4.89. The molecule has 0 radical (unpaired) electrons. The molecule has 0 amide bonds. The van der Waals surface area contributed by atoms with Crippen molar-refractivity contribution >= 4 is 16.5 Å². The van der Waals surface area contributed by atoms with Gasteiger partial charge in [0.15, 0.2) is 0 Å².